The van der Waals surface area contributed by atoms with Crippen LogP contribution in [0.5, 0.6) is 0 Å². The molecule has 56 heavy (non-hydrogen) atoms. The summed E-state index contributed by atoms with van der Waals surface area (Å²) in [6.45, 7) is 4.68. The Morgan fingerprint density at radius 3 is 1.82 bits per heavy atom. The van der Waals surface area contributed by atoms with Gasteiger partial charge in [-0.1, -0.05) is 123 Å². The van der Waals surface area contributed by atoms with Crippen molar-refractivity contribution in [3.05, 3.63) is 193 Å². The van der Waals surface area contributed by atoms with Gasteiger partial charge in [0.05, 0.1) is 11.0 Å². The van der Waals surface area contributed by atoms with Crippen LogP contribution >= 0.6 is 0 Å². The van der Waals surface area contributed by atoms with Crippen LogP contribution in [0.15, 0.2) is 186 Å². The summed E-state index contributed by atoms with van der Waals surface area (Å²) < 4.78 is 9.07. The lowest BCUT2D eigenvalue weighted by Gasteiger charge is -2.26. The zero-order valence-corrected chi connectivity index (χ0v) is 31.1. The molecule has 12 rings (SSSR count). The summed E-state index contributed by atoms with van der Waals surface area (Å²) in [5, 5.41) is 9.79. The number of nitrogens with zero attached hydrogens (tertiary/aromatic N) is 2. The van der Waals surface area contributed by atoms with Crippen molar-refractivity contribution < 1.29 is 4.42 Å². The lowest BCUT2D eigenvalue weighted by molar-refractivity contribution is 0.658. The maximum absolute atomic E-state index is 6.61. The summed E-state index contributed by atoms with van der Waals surface area (Å²) >= 11 is 0. The van der Waals surface area contributed by atoms with Gasteiger partial charge in [-0.15, -0.1) is 0 Å². The van der Waals surface area contributed by atoms with Crippen LogP contribution < -0.4 is 4.90 Å². The van der Waals surface area contributed by atoms with Crippen molar-refractivity contribution in [1.29, 1.82) is 0 Å². The summed E-state index contributed by atoms with van der Waals surface area (Å²) in [5.41, 5.74) is 13.8. The number of anilines is 3. The van der Waals surface area contributed by atoms with E-state index in [1.165, 1.54) is 65.6 Å². The molecule has 1 aliphatic carbocycles. The number of para-hydroxylation sites is 2. The predicted molar refractivity (Wildman–Crippen MR) is 235 cm³/mol. The van der Waals surface area contributed by atoms with E-state index in [9.17, 15) is 0 Å². The third kappa shape index (κ3) is 4.28. The van der Waals surface area contributed by atoms with Crippen LogP contribution in [0.25, 0.3) is 82.1 Å². The summed E-state index contributed by atoms with van der Waals surface area (Å²) in [6.07, 6.45) is 0. The number of benzene rings is 9. The first-order valence-corrected chi connectivity index (χ1v) is 19.4. The molecule has 2 heterocycles. The molecule has 9 aromatic carbocycles. The Hall–Kier alpha value is -7.10. The van der Waals surface area contributed by atoms with Crippen LogP contribution in [0, 0.1) is 0 Å². The molecular weight excluding hydrogens is 681 g/mol. The van der Waals surface area contributed by atoms with Crippen molar-refractivity contribution in [2.24, 2.45) is 0 Å². The van der Waals surface area contributed by atoms with Gasteiger partial charge in [0.1, 0.15) is 11.2 Å². The van der Waals surface area contributed by atoms with E-state index < -0.39 is 0 Å². The Labute approximate surface area is 324 Å². The highest BCUT2D eigenvalue weighted by molar-refractivity contribution is 6.32. The molecule has 3 nitrogen and oxygen atoms in total. The Morgan fingerprint density at radius 1 is 0.429 bits per heavy atom. The number of rotatable bonds is 4. The minimum absolute atomic E-state index is 0.0960. The van der Waals surface area contributed by atoms with Gasteiger partial charge in [0.2, 0.25) is 0 Å². The lowest BCUT2D eigenvalue weighted by atomic mass is 9.82. The van der Waals surface area contributed by atoms with Gasteiger partial charge in [-0.05, 0) is 111 Å². The molecule has 0 spiro atoms. The second-order valence-electron chi connectivity index (χ2n) is 15.7. The average molecular weight is 717 g/mol. The number of hydrogen-bond donors (Lipinski definition) is 0. The van der Waals surface area contributed by atoms with Crippen LogP contribution in [0.2, 0.25) is 0 Å². The molecule has 2 aromatic heterocycles. The second kappa shape index (κ2) is 11.5. The van der Waals surface area contributed by atoms with E-state index >= 15 is 0 Å². The maximum atomic E-state index is 6.61. The molecule has 0 atom stereocenters. The highest BCUT2D eigenvalue weighted by Crippen LogP contribution is 2.51. The van der Waals surface area contributed by atoms with E-state index in [4.69, 9.17) is 4.42 Å². The molecular formula is C53H36N2O. The average Bonchev–Trinajstić information content (AvgIpc) is 3.86. The second-order valence-corrected chi connectivity index (χ2v) is 15.7. The topological polar surface area (TPSA) is 21.3 Å². The van der Waals surface area contributed by atoms with Gasteiger partial charge in [0, 0.05) is 55.1 Å². The third-order valence-electron chi connectivity index (χ3n) is 12.3. The number of aromatic nitrogens is 1. The lowest BCUT2D eigenvalue weighted by Crippen LogP contribution is -2.14. The molecule has 11 aromatic rings. The van der Waals surface area contributed by atoms with Crippen molar-refractivity contribution in [3.8, 4) is 16.8 Å². The third-order valence-corrected chi connectivity index (χ3v) is 12.3. The van der Waals surface area contributed by atoms with E-state index in [-0.39, 0.29) is 5.41 Å². The summed E-state index contributed by atoms with van der Waals surface area (Å²) in [5.74, 6) is 0. The van der Waals surface area contributed by atoms with Crippen molar-refractivity contribution in [3.63, 3.8) is 0 Å². The Kier molecular flexibility index (Phi) is 6.40. The smallest absolute Gasteiger partial charge is 0.136 e. The van der Waals surface area contributed by atoms with Gasteiger partial charge in [-0.2, -0.15) is 0 Å². The summed E-state index contributed by atoms with van der Waals surface area (Å²) in [4.78, 5) is 2.39. The molecule has 0 N–H and O–H groups in total. The van der Waals surface area contributed by atoms with Gasteiger partial charge in [-0.3, -0.25) is 0 Å². The van der Waals surface area contributed by atoms with Gasteiger partial charge in [0.25, 0.3) is 0 Å². The fraction of sp³-hybridized carbons (Fsp3) is 0.0566. The molecule has 264 valence electrons. The maximum Gasteiger partial charge on any atom is 0.136 e. The van der Waals surface area contributed by atoms with Crippen molar-refractivity contribution in [2.75, 3.05) is 4.90 Å². The van der Waals surface area contributed by atoms with Gasteiger partial charge < -0.3 is 13.9 Å². The first-order valence-electron chi connectivity index (χ1n) is 19.4. The number of fused-ring (bicyclic) bond motifs is 14. The van der Waals surface area contributed by atoms with E-state index in [1.807, 2.05) is 0 Å². The Morgan fingerprint density at radius 2 is 1.04 bits per heavy atom. The first-order chi connectivity index (χ1) is 27.5. The predicted octanol–water partition coefficient (Wildman–Crippen LogP) is 14.8. The molecule has 0 fully saturated rings. The van der Waals surface area contributed by atoms with Crippen molar-refractivity contribution in [1.82, 2.24) is 4.57 Å². The van der Waals surface area contributed by atoms with Crippen LogP contribution in [-0.2, 0) is 5.41 Å². The largest absolute Gasteiger partial charge is 0.456 e. The first kappa shape index (κ1) is 31.3. The molecule has 0 saturated heterocycles. The monoisotopic (exact) mass is 716 g/mol. The van der Waals surface area contributed by atoms with E-state index in [0.29, 0.717) is 0 Å². The Bertz CT molecular complexity index is 3390. The molecule has 3 heteroatoms. The number of hydrogen-bond acceptors (Lipinski definition) is 2. The van der Waals surface area contributed by atoms with Crippen LogP contribution in [0.3, 0.4) is 0 Å². The number of furan rings is 1. The van der Waals surface area contributed by atoms with Crippen molar-refractivity contribution >= 4 is 82.4 Å². The standard InChI is InChI=1S/C53H36N2O/c1-53(2)46-24-14-13-21-39(46)42-32-50-44(31-47(42)53)43-29-36(26-28-49(43)56-50)54(33-15-5-3-6-16-33)35-25-27-48-45(30-35)51-40-22-11-9-19-37(40)38-20-10-12-23-41(38)52(51)55(48)34-17-7-4-8-18-34/h3-32H,1-2H3. The minimum Gasteiger partial charge on any atom is -0.456 e. The SMILES string of the molecule is CC1(C)c2ccccc2-c2cc3oc4ccc(N(c5ccccc5)c5ccc6c(c5)c5c7ccccc7c7ccccc7c5n6-c5ccccc5)cc4c3cc21. The van der Waals surface area contributed by atoms with E-state index in [0.717, 1.165) is 44.7 Å². The van der Waals surface area contributed by atoms with Gasteiger partial charge in [0.15, 0.2) is 0 Å². The quantitative estimate of drug-likeness (QED) is 0.169. The van der Waals surface area contributed by atoms with Gasteiger partial charge in [-0.25, -0.2) is 0 Å². The van der Waals surface area contributed by atoms with Crippen LogP contribution in [0.4, 0.5) is 17.1 Å². The summed E-state index contributed by atoms with van der Waals surface area (Å²) in [7, 11) is 0. The molecule has 0 radical (unpaired) electrons. The zero-order valence-electron chi connectivity index (χ0n) is 31.1. The molecule has 0 bridgehead atoms. The molecule has 0 unspecified atom stereocenters. The fourth-order valence-electron chi connectivity index (χ4n) is 9.77. The normalized spacial score (nSPS) is 13.3. The van der Waals surface area contributed by atoms with Crippen LogP contribution in [-0.4, -0.2) is 4.57 Å². The summed E-state index contributed by atoms with van der Waals surface area (Å²) in [6, 6.07) is 66.3. The molecule has 0 aliphatic heterocycles. The van der Waals surface area contributed by atoms with E-state index in [1.54, 1.807) is 0 Å². The Balaban J connectivity index is 1.12. The van der Waals surface area contributed by atoms with Crippen LogP contribution in [0.1, 0.15) is 25.0 Å². The van der Waals surface area contributed by atoms with Gasteiger partial charge >= 0.3 is 0 Å². The fourth-order valence-corrected chi connectivity index (χ4v) is 9.77. The van der Waals surface area contributed by atoms with Crippen molar-refractivity contribution in [2.45, 2.75) is 19.3 Å². The highest BCUT2D eigenvalue weighted by Gasteiger charge is 2.36. The zero-order chi connectivity index (χ0) is 37.1. The highest BCUT2D eigenvalue weighted by atomic mass is 16.3. The molecule has 1 aliphatic rings. The molecule has 0 saturated carbocycles. The van der Waals surface area contributed by atoms with E-state index in [2.05, 4.69) is 205 Å². The minimum atomic E-state index is -0.0960. The molecule has 0 amide bonds.